The van der Waals surface area contributed by atoms with Crippen molar-refractivity contribution in [1.29, 1.82) is 0 Å². The standard InChI is InChI=1S/C8H14N4O/c1-12-7(2-3-11-12)4-6(5-9)8(10)13/h2-3,6H,4-5,9H2,1H3,(H2,10,13). The van der Waals surface area contributed by atoms with Gasteiger partial charge in [-0.05, 0) is 6.07 Å². The number of hydrogen-bond donors (Lipinski definition) is 2. The van der Waals surface area contributed by atoms with Crippen LogP contribution in [0.2, 0.25) is 0 Å². The third-order valence-electron chi connectivity index (χ3n) is 2.06. The van der Waals surface area contributed by atoms with E-state index in [9.17, 15) is 4.79 Å². The number of nitrogens with two attached hydrogens (primary N) is 2. The average molecular weight is 182 g/mol. The fourth-order valence-electron chi connectivity index (χ4n) is 1.15. The van der Waals surface area contributed by atoms with Gasteiger partial charge in [0.2, 0.25) is 5.91 Å². The quantitative estimate of drug-likeness (QED) is 0.627. The molecule has 0 aliphatic rings. The van der Waals surface area contributed by atoms with E-state index in [4.69, 9.17) is 11.5 Å². The van der Waals surface area contributed by atoms with Gasteiger partial charge in [-0.2, -0.15) is 5.10 Å². The van der Waals surface area contributed by atoms with Gasteiger partial charge in [-0.15, -0.1) is 0 Å². The Kier molecular flexibility index (Phi) is 3.02. The maximum Gasteiger partial charge on any atom is 0.222 e. The average Bonchev–Trinajstić information content (AvgIpc) is 2.46. The Balaban J connectivity index is 2.67. The van der Waals surface area contributed by atoms with E-state index in [1.54, 1.807) is 10.9 Å². The Morgan fingerprint density at radius 2 is 2.46 bits per heavy atom. The highest BCUT2D eigenvalue weighted by atomic mass is 16.1. The molecule has 0 aromatic carbocycles. The molecule has 1 heterocycles. The molecule has 0 fully saturated rings. The summed E-state index contributed by atoms with van der Waals surface area (Å²) >= 11 is 0. The van der Waals surface area contributed by atoms with Crippen molar-refractivity contribution >= 4 is 5.91 Å². The van der Waals surface area contributed by atoms with Crippen LogP contribution in [0.5, 0.6) is 0 Å². The molecule has 4 N–H and O–H groups in total. The van der Waals surface area contributed by atoms with Crippen LogP contribution in [0.15, 0.2) is 12.3 Å². The van der Waals surface area contributed by atoms with Crippen LogP contribution < -0.4 is 11.5 Å². The van der Waals surface area contributed by atoms with Crippen LogP contribution in [0.3, 0.4) is 0 Å². The van der Waals surface area contributed by atoms with E-state index >= 15 is 0 Å². The fourth-order valence-corrected chi connectivity index (χ4v) is 1.15. The van der Waals surface area contributed by atoms with E-state index in [1.165, 1.54) is 0 Å². The lowest BCUT2D eigenvalue weighted by atomic mass is 10.0. The number of hydrogen-bond acceptors (Lipinski definition) is 3. The predicted octanol–water partition coefficient (Wildman–Crippen LogP) is -0.977. The first-order valence-electron chi connectivity index (χ1n) is 4.11. The number of carbonyl (C=O) groups excluding carboxylic acids is 1. The Labute approximate surface area is 76.7 Å². The number of rotatable bonds is 4. The maximum absolute atomic E-state index is 10.9. The van der Waals surface area contributed by atoms with Gasteiger partial charge in [0.05, 0.1) is 5.92 Å². The van der Waals surface area contributed by atoms with Crippen LogP contribution in [0.4, 0.5) is 0 Å². The summed E-state index contributed by atoms with van der Waals surface area (Å²) < 4.78 is 1.71. The van der Waals surface area contributed by atoms with Crippen molar-refractivity contribution in [2.45, 2.75) is 6.42 Å². The van der Waals surface area contributed by atoms with Crippen LogP contribution in [0.1, 0.15) is 5.69 Å². The second kappa shape index (κ2) is 4.04. The van der Waals surface area contributed by atoms with E-state index in [1.807, 2.05) is 13.1 Å². The summed E-state index contributed by atoms with van der Waals surface area (Å²) in [5.41, 5.74) is 11.5. The van der Waals surface area contributed by atoms with Crippen molar-refractivity contribution in [2.75, 3.05) is 6.54 Å². The number of carbonyl (C=O) groups is 1. The Morgan fingerprint density at radius 1 is 1.77 bits per heavy atom. The number of aryl methyl sites for hydroxylation is 1. The van der Waals surface area contributed by atoms with Gasteiger partial charge >= 0.3 is 0 Å². The van der Waals surface area contributed by atoms with Gasteiger partial charge < -0.3 is 11.5 Å². The molecule has 0 aliphatic carbocycles. The minimum atomic E-state index is -0.358. The lowest BCUT2D eigenvalue weighted by Gasteiger charge is -2.09. The van der Waals surface area contributed by atoms with Crippen molar-refractivity contribution in [2.24, 2.45) is 24.4 Å². The molecule has 1 rings (SSSR count). The number of primary amides is 1. The van der Waals surface area contributed by atoms with E-state index in [0.29, 0.717) is 6.42 Å². The molecule has 72 valence electrons. The van der Waals surface area contributed by atoms with Crippen molar-refractivity contribution in [3.63, 3.8) is 0 Å². The van der Waals surface area contributed by atoms with Crippen LogP contribution in [0, 0.1) is 5.92 Å². The van der Waals surface area contributed by atoms with Crippen molar-refractivity contribution in [3.05, 3.63) is 18.0 Å². The monoisotopic (exact) mass is 182 g/mol. The summed E-state index contributed by atoms with van der Waals surface area (Å²) in [5.74, 6) is -0.654. The normalized spacial score (nSPS) is 12.8. The Bertz CT molecular complexity index is 294. The zero-order chi connectivity index (χ0) is 9.84. The largest absolute Gasteiger partial charge is 0.369 e. The molecule has 1 amide bonds. The van der Waals surface area contributed by atoms with Crippen LogP contribution >= 0.6 is 0 Å². The molecule has 0 bridgehead atoms. The number of amides is 1. The zero-order valence-electron chi connectivity index (χ0n) is 7.60. The van der Waals surface area contributed by atoms with Gasteiger partial charge in [-0.25, -0.2) is 0 Å². The highest BCUT2D eigenvalue weighted by molar-refractivity contribution is 5.77. The van der Waals surface area contributed by atoms with E-state index in [0.717, 1.165) is 5.69 Å². The van der Waals surface area contributed by atoms with Crippen LogP contribution in [-0.4, -0.2) is 22.2 Å². The van der Waals surface area contributed by atoms with E-state index < -0.39 is 0 Å². The molecule has 0 saturated carbocycles. The van der Waals surface area contributed by atoms with Crippen molar-refractivity contribution in [1.82, 2.24) is 9.78 Å². The first-order valence-corrected chi connectivity index (χ1v) is 4.11. The van der Waals surface area contributed by atoms with Crippen molar-refractivity contribution in [3.8, 4) is 0 Å². The molecule has 1 unspecified atom stereocenters. The van der Waals surface area contributed by atoms with E-state index in [-0.39, 0.29) is 18.4 Å². The lowest BCUT2D eigenvalue weighted by Crippen LogP contribution is -2.32. The molecule has 1 atom stereocenters. The molecule has 13 heavy (non-hydrogen) atoms. The molecule has 0 radical (unpaired) electrons. The van der Waals surface area contributed by atoms with Crippen LogP contribution in [-0.2, 0) is 18.3 Å². The predicted molar refractivity (Wildman–Crippen MR) is 48.7 cm³/mol. The van der Waals surface area contributed by atoms with Gasteiger partial charge in [-0.3, -0.25) is 9.48 Å². The summed E-state index contributed by atoms with van der Waals surface area (Å²) in [6.45, 7) is 0.278. The van der Waals surface area contributed by atoms with Gasteiger partial charge in [0.1, 0.15) is 0 Å². The minimum absolute atomic E-state index is 0.278. The molecule has 0 aliphatic heterocycles. The lowest BCUT2D eigenvalue weighted by molar-refractivity contribution is -0.121. The Hall–Kier alpha value is -1.36. The summed E-state index contributed by atoms with van der Waals surface area (Å²) in [7, 11) is 1.82. The molecule has 1 aromatic rings. The van der Waals surface area contributed by atoms with Gasteiger partial charge in [0.25, 0.3) is 0 Å². The minimum Gasteiger partial charge on any atom is -0.369 e. The maximum atomic E-state index is 10.9. The summed E-state index contributed by atoms with van der Waals surface area (Å²) in [6.07, 6.45) is 2.24. The van der Waals surface area contributed by atoms with Gasteiger partial charge in [-0.1, -0.05) is 0 Å². The summed E-state index contributed by atoms with van der Waals surface area (Å²) in [5, 5.41) is 3.99. The zero-order valence-corrected chi connectivity index (χ0v) is 7.60. The highest BCUT2D eigenvalue weighted by Crippen LogP contribution is 2.05. The highest BCUT2D eigenvalue weighted by Gasteiger charge is 2.15. The third kappa shape index (κ3) is 2.29. The van der Waals surface area contributed by atoms with E-state index in [2.05, 4.69) is 5.10 Å². The molecule has 5 heteroatoms. The summed E-state index contributed by atoms with van der Waals surface area (Å²) in [6, 6.07) is 1.85. The first-order chi connectivity index (χ1) is 6.15. The smallest absolute Gasteiger partial charge is 0.222 e. The number of nitrogens with zero attached hydrogens (tertiary/aromatic N) is 2. The number of aromatic nitrogens is 2. The molecular weight excluding hydrogens is 168 g/mol. The molecule has 1 aromatic heterocycles. The Morgan fingerprint density at radius 3 is 2.85 bits per heavy atom. The molecule has 0 saturated heterocycles. The molecule has 5 nitrogen and oxygen atoms in total. The first kappa shape index (κ1) is 9.73. The van der Waals surface area contributed by atoms with Crippen molar-refractivity contribution < 1.29 is 4.79 Å². The second-order valence-corrected chi connectivity index (χ2v) is 2.99. The SMILES string of the molecule is Cn1nccc1CC(CN)C(N)=O. The van der Waals surface area contributed by atoms with Crippen LogP contribution in [0.25, 0.3) is 0 Å². The third-order valence-corrected chi connectivity index (χ3v) is 2.06. The fraction of sp³-hybridized carbons (Fsp3) is 0.500. The second-order valence-electron chi connectivity index (χ2n) is 2.99. The summed E-state index contributed by atoms with van der Waals surface area (Å²) in [4.78, 5) is 10.9. The van der Waals surface area contributed by atoms with Gasteiger partial charge in [0.15, 0.2) is 0 Å². The molecular formula is C8H14N4O. The molecule has 0 spiro atoms. The van der Waals surface area contributed by atoms with Gasteiger partial charge in [0, 0.05) is 31.9 Å². The topological polar surface area (TPSA) is 86.9 Å².